The summed E-state index contributed by atoms with van der Waals surface area (Å²) >= 11 is 0. The fourth-order valence-electron chi connectivity index (χ4n) is 2.48. The number of primary sulfonamides is 1. The van der Waals surface area contributed by atoms with Crippen LogP contribution in [0.1, 0.15) is 13.8 Å². The molecule has 112 valence electrons. The van der Waals surface area contributed by atoms with Crippen LogP contribution in [0.25, 0.3) is 0 Å². The second-order valence-corrected chi connectivity index (χ2v) is 6.94. The summed E-state index contributed by atoms with van der Waals surface area (Å²) < 4.78 is 22.6. The van der Waals surface area contributed by atoms with Gasteiger partial charge in [-0.15, -0.1) is 0 Å². The Kier molecular flexibility index (Phi) is 4.22. The van der Waals surface area contributed by atoms with Gasteiger partial charge in [0, 0.05) is 32.2 Å². The Labute approximate surface area is 120 Å². The molecular formula is C13H22N4O2S. The van der Waals surface area contributed by atoms with Crippen LogP contribution >= 0.6 is 0 Å². The Morgan fingerprint density at radius 1 is 1.15 bits per heavy atom. The first-order valence-electron chi connectivity index (χ1n) is 6.70. The molecule has 1 aromatic carbocycles. The number of nitrogen functional groups attached to an aromatic ring is 1. The summed E-state index contributed by atoms with van der Waals surface area (Å²) in [5, 5.41) is 5.10. The van der Waals surface area contributed by atoms with Gasteiger partial charge in [-0.3, -0.25) is 4.90 Å². The number of rotatable bonds is 3. The Bertz CT molecular complexity index is 578. The predicted octanol–water partition coefficient (Wildman–Crippen LogP) is 0.447. The van der Waals surface area contributed by atoms with E-state index in [-0.39, 0.29) is 4.90 Å². The molecule has 0 amide bonds. The molecule has 0 aliphatic carbocycles. The van der Waals surface area contributed by atoms with E-state index < -0.39 is 10.0 Å². The smallest absolute Gasteiger partial charge is 0.238 e. The number of anilines is 2. The lowest BCUT2D eigenvalue weighted by Crippen LogP contribution is -2.49. The molecular weight excluding hydrogens is 276 g/mol. The molecule has 2 rings (SSSR count). The summed E-state index contributed by atoms with van der Waals surface area (Å²) in [5.74, 6) is 0. The SMILES string of the molecule is CC(C)N1CCN(c2ccc(S(N)(=O)=O)cc2N)CC1. The maximum Gasteiger partial charge on any atom is 0.238 e. The summed E-state index contributed by atoms with van der Waals surface area (Å²) in [7, 11) is -3.70. The van der Waals surface area contributed by atoms with Gasteiger partial charge in [0.25, 0.3) is 0 Å². The second kappa shape index (κ2) is 5.59. The largest absolute Gasteiger partial charge is 0.397 e. The highest BCUT2D eigenvalue weighted by Gasteiger charge is 2.21. The van der Waals surface area contributed by atoms with Gasteiger partial charge in [-0.1, -0.05) is 0 Å². The van der Waals surface area contributed by atoms with Crippen molar-refractivity contribution in [3.8, 4) is 0 Å². The molecule has 0 aromatic heterocycles. The van der Waals surface area contributed by atoms with E-state index in [2.05, 4.69) is 23.6 Å². The summed E-state index contributed by atoms with van der Waals surface area (Å²) in [4.78, 5) is 4.64. The van der Waals surface area contributed by atoms with Crippen LogP contribution in [0.5, 0.6) is 0 Å². The van der Waals surface area contributed by atoms with Crippen molar-refractivity contribution >= 4 is 21.4 Å². The molecule has 0 bridgehead atoms. The van der Waals surface area contributed by atoms with Crippen LogP contribution in [0.3, 0.4) is 0 Å². The molecule has 4 N–H and O–H groups in total. The topological polar surface area (TPSA) is 92.7 Å². The molecule has 0 atom stereocenters. The lowest BCUT2D eigenvalue weighted by atomic mass is 10.2. The first-order valence-corrected chi connectivity index (χ1v) is 8.25. The number of piperazine rings is 1. The van der Waals surface area contributed by atoms with Gasteiger partial charge in [-0.2, -0.15) is 0 Å². The lowest BCUT2D eigenvalue weighted by molar-refractivity contribution is 0.209. The van der Waals surface area contributed by atoms with E-state index in [0.717, 1.165) is 31.9 Å². The van der Waals surface area contributed by atoms with Crippen LogP contribution in [-0.2, 0) is 10.0 Å². The molecule has 1 aromatic rings. The number of benzene rings is 1. The zero-order chi connectivity index (χ0) is 14.9. The molecule has 6 nitrogen and oxygen atoms in total. The van der Waals surface area contributed by atoms with Crippen molar-refractivity contribution in [3.05, 3.63) is 18.2 Å². The Balaban J connectivity index is 2.15. The van der Waals surface area contributed by atoms with Crippen molar-refractivity contribution in [2.45, 2.75) is 24.8 Å². The molecule has 1 heterocycles. The van der Waals surface area contributed by atoms with E-state index in [9.17, 15) is 8.42 Å². The first-order chi connectivity index (χ1) is 9.29. The van der Waals surface area contributed by atoms with Gasteiger partial charge in [-0.05, 0) is 32.0 Å². The van der Waals surface area contributed by atoms with Crippen LogP contribution < -0.4 is 15.8 Å². The summed E-state index contributed by atoms with van der Waals surface area (Å²) in [6.07, 6.45) is 0. The van der Waals surface area contributed by atoms with Crippen LogP contribution in [0.15, 0.2) is 23.1 Å². The van der Waals surface area contributed by atoms with Crippen LogP contribution in [-0.4, -0.2) is 45.5 Å². The molecule has 1 fully saturated rings. The highest BCUT2D eigenvalue weighted by Crippen LogP contribution is 2.27. The Hall–Kier alpha value is -1.31. The van der Waals surface area contributed by atoms with E-state index in [1.54, 1.807) is 6.07 Å². The molecule has 7 heteroatoms. The molecule has 0 saturated carbocycles. The Morgan fingerprint density at radius 3 is 2.20 bits per heavy atom. The summed E-state index contributed by atoms with van der Waals surface area (Å²) in [5.41, 5.74) is 7.30. The molecule has 1 aliphatic heterocycles. The van der Waals surface area contributed by atoms with Gasteiger partial charge in [-0.25, -0.2) is 13.6 Å². The van der Waals surface area contributed by atoms with Crippen molar-refractivity contribution in [1.82, 2.24) is 4.90 Å². The van der Waals surface area contributed by atoms with E-state index in [1.165, 1.54) is 12.1 Å². The standard InChI is InChI=1S/C13H22N4O2S/c1-10(2)16-5-7-17(8-6-16)13-4-3-11(9-12(13)14)20(15,18)19/h3-4,9-10H,5-8,14H2,1-2H3,(H2,15,18,19). The third-order valence-corrected chi connectivity index (χ3v) is 4.62. The zero-order valence-corrected chi connectivity index (χ0v) is 12.7. The van der Waals surface area contributed by atoms with E-state index in [1.807, 2.05) is 0 Å². The molecule has 1 saturated heterocycles. The predicted molar refractivity (Wildman–Crippen MR) is 81.1 cm³/mol. The van der Waals surface area contributed by atoms with Crippen molar-refractivity contribution < 1.29 is 8.42 Å². The normalized spacial score (nSPS) is 17.7. The van der Waals surface area contributed by atoms with Crippen molar-refractivity contribution in [3.63, 3.8) is 0 Å². The van der Waals surface area contributed by atoms with Gasteiger partial charge in [0.15, 0.2) is 0 Å². The third-order valence-electron chi connectivity index (χ3n) is 3.71. The lowest BCUT2D eigenvalue weighted by Gasteiger charge is -2.38. The highest BCUT2D eigenvalue weighted by molar-refractivity contribution is 7.89. The van der Waals surface area contributed by atoms with Crippen LogP contribution in [0.4, 0.5) is 11.4 Å². The van der Waals surface area contributed by atoms with Gasteiger partial charge in [0.2, 0.25) is 10.0 Å². The zero-order valence-electron chi connectivity index (χ0n) is 11.9. The fraction of sp³-hybridized carbons (Fsp3) is 0.538. The summed E-state index contributed by atoms with van der Waals surface area (Å²) in [6.45, 7) is 8.10. The number of nitrogens with two attached hydrogens (primary N) is 2. The maximum atomic E-state index is 11.3. The minimum Gasteiger partial charge on any atom is -0.397 e. The Morgan fingerprint density at radius 2 is 1.75 bits per heavy atom. The summed E-state index contributed by atoms with van der Waals surface area (Å²) in [6, 6.07) is 5.22. The monoisotopic (exact) mass is 298 g/mol. The number of hydrogen-bond acceptors (Lipinski definition) is 5. The minimum absolute atomic E-state index is 0.0552. The van der Waals surface area contributed by atoms with E-state index in [4.69, 9.17) is 10.9 Å². The molecule has 20 heavy (non-hydrogen) atoms. The van der Waals surface area contributed by atoms with Gasteiger partial charge in [0.1, 0.15) is 0 Å². The average molecular weight is 298 g/mol. The van der Waals surface area contributed by atoms with Crippen LogP contribution in [0.2, 0.25) is 0 Å². The van der Waals surface area contributed by atoms with Crippen molar-refractivity contribution in [2.24, 2.45) is 5.14 Å². The highest BCUT2D eigenvalue weighted by atomic mass is 32.2. The number of nitrogens with zero attached hydrogens (tertiary/aromatic N) is 2. The fourth-order valence-corrected chi connectivity index (χ4v) is 3.03. The average Bonchev–Trinajstić information content (AvgIpc) is 2.37. The quantitative estimate of drug-likeness (QED) is 0.790. The van der Waals surface area contributed by atoms with Crippen LogP contribution in [0, 0.1) is 0 Å². The number of sulfonamides is 1. The van der Waals surface area contributed by atoms with E-state index >= 15 is 0 Å². The van der Waals surface area contributed by atoms with E-state index in [0.29, 0.717) is 11.7 Å². The first kappa shape index (κ1) is 15.1. The molecule has 1 aliphatic rings. The number of hydrogen-bond donors (Lipinski definition) is 2. The molecule has 0 unspecified atom stereocenters. The van der Waals surface area contributed by atoms with Crippen molar-refractivity contribution in [1.29, 1.82) is 0 Å². The minimum atomic E-state index is -3.70. The van der Waals surface area contributed by atoms with Gasteiger partial charge in [0.05, 0.1) is 16.3 Å². The second-order valence-electron chi connectivity index (χ2n) is 5.38. The molecule has 0 spiro atoms. The third kappa shape index (κ3) is 3.23. The maximum absolute atomic E-state index is 11.3. The van der Waals surface area contributed by atoms with Gasteiger partial charge >= 0.3 is 0 Å². The molecule has 0 radical (unpaired) electrons. The van der Waals surface area contributed by atoms with Crippen molar-refractivity contribution in [2.75, 3.05) is 36.8 Å². The van der Waals surface area contributed by atoms with Gasteiger partial charge < -0.3 is 10.6 Å².